The third-order valence-corrected chi connectivity index (χ3v) is 2.59. The first kappa shape index (κ1) is 14.2. The first-order chi connectivity index (χ1) is 6.96. The van der Waals surface area contributed by atoms with E-state index in [1.165, 1.54) is 0 Å². The van der Waals surface area contributed by atoms with Gasteiger partial charge in [0, 0.05) is 12.8 Å². The molecule has 0 saturated heterocycles. The van der Waals surface area contributed by atoms with Crippen molar-refractivity contribution in [1.29, 1.82) is 5.41 Å². The van der Waals surface area contributed by atoms with Gasteiger partial charge < -0.3 is 16.2 Å². The summed E-state index contributed by atoms with van der Waals surface area (Å²) in [5.41, 5.74) is 4.17. The topological polar surface area (TPSA) is 99.2 Å². The average Bonchev–Trinajstić information content (AvgIpc) is 2.22. The van der Waals surface area contributed by atoms with Gasteiger partial charge in [0.05, 0.1) is 0 Å². The van der Waals surface area contributed by atoms with E-state index in [4.69, 9.17) is 28.5 Å². The number of hydrogen-bond acceptors (Lipinski definition) is 5. The van der Waals surface area contributed by atoms with Crippen molar-refractivity contribution in [3.63, 3.8) is 0 Å². The van der Waals surface area contributed by atoms with Crippen LogP contribution in [0, 0.1) is 5.41 Å². The van der Waals surface area contributed by atoms with Crippen LogP contribution < -0.4 is 11.1 Å². The number of nitrogens with one attached hydrogen (secondary N) is 2. The summed E-state index contributed by atoms with van der Waals surface area (Å²) in [6, 6.07) is 0. The number of carboxylic acids is 1. The number of carboxylic acid groups (broad SMARTS) is 1. The molecule has 0 aliphatic heterocycles. The zero-order valence-corrected chi connectivity index (χ0v) is 9.56. The van der Waals surface area contributed by atoms with E-state index >= 15 is 0 Å². The summed E-state index contributed by atoms with van der Waals surface area (Å²) in [5, 5.41) is 18.4. The molecule has 0 bridgehead atoms. The van der Waals surface area contributed by atoms with Gasteiger partial charge in [0.1, 0.15) is 0 Å². The highest BCUT2D eigenvalue weighted by Gasteiger charge is 2.32. The van der Waals surface area contributed by atoms with Gasteiger partial charge in [0.25, 0.3) is 0 Å². The highest BCUT2D eigenvalue weighted by Crippen LogP contribution is 2.09. The molecule has 0 fully saturated rings. The van der Waals surface area contributed by atoms with Crippen LogP contribution in [0.2, 0.25) is 0 Å². The maximum absolute atomic E-state index is 10.9. The summed E-state index contributed by atoms with van der Waals surface area (Å²) in [5.74, 6) is -1.12. The van der Waals surface area contributed by atoms with Gasteiger partial charge in [0.2, 0.25) is 0 Å². The Morgan fingerprint density at radius 1 is 1.73 bits per heavy atom. The number of thiocarbonyl (C=S) groups is 1. The fourth-order valence-electron chi connectivity index (χ4n) is 1.02. The minimum Gasteiger partial charge on any atom is -0.479 e. The molecule has 5 N–H and O–H groups in total. The predicted molar refractivity (Wildman–Crippen MR) is 63.5 cm³/mol. The Hall–Kier alpha value is -0.850. The first-order valence-electron chi connectivity index (χ1n) is 4.74. The van der Waals surface area contributed by atoms with Crippen molar-refractivity contribution >= 4 is 29.3 Å². The molecule has 5 nitrogen and oxygen atoms in total. The molecule has 15 heavy (non-hydrogen) atoms. The standard InChI is InChI=1S/C9H17N3O2S/c1-2-7(15)3-4-9(11,8(13)14)12-6-5-10/h5,10,12H,2-4,6,11H2,1H3,(H,13,14)/t9-/m0/s1. The summed E-state index contributed by atoms with van der Waals surface area (Å²) < 4.78 is 0. The van der Waals surface area contributed by atoms with E-state index in [1.807, 2.05) is 6.92 Å². The summed E-state index contributed by atoms with van der Waals surface area (Å²) in [6.07, 6.45) is 2.56. The Kier molecular flexibility index (Phi) is 6.23. The fourth-order valence-corrected chi connectivity index (χ4v) is 1.12. The van der Waals surface area contributed by atoms with Gasteiger partial charge in [0.15, 0.2) is 5.66 Å². The molecule has 0 aliphatic carbocycles. The Morgan fingerprint density at radius 2 is 2.33 bits per heavy atom. The highest BCUT2D eigenvalue weighted by atomic mass is 32.1. The van der Waals surface area contributed by atoms with Crippen molar-refractivity contribution < 1.29 is 9.90 Å². The molecule has 6 heteroatoms. The van der Waals surface area contributed by atoms with Crippen LogP contribution in [-0.4, -0.2) is 34.4 Å². The van der Waals surface area contributed by atoms with Crippen LogP contribution >= 0.6 is 12.2 Å². The molecule has 0 aliphatic rings. The maximum atomic E-state index is 10.9. The van der Waals surface area contributed by atoms with Crippen LogP contribution in [0.15, 0.2) is 0 Å². The molecule has 0 spiro atoms. The van der Waals surface area contributed by atoms with Gasteiger partial charge >= 0.3 is 5.97 Å². The summed E-state index contributed by atoms with van der Waals surface area (Å²) >= 11 is 5.00. The Morgan fingerprint density at radius 3 is 2.73 bits per heavy atom. The van der Waals surface area contributed by atoms with Crippen molar-refractivity contribution in [3.8, 4) is 0 Å². The first-order valence-corrected chi connectivity index (χ1v) is 5.15. The van der Waals surface area contributed by atoms with E-state index in [1.54, 1.807) is 0 Å². The van der Waals surface area contributed by atoms with Crippen LogP contribution in [0.3, 0.4) is 0 Å². The van der Waals surface area contributed by atoms with E-state index in [-0.39, 0.29) is 13.0 Å². The molecule has 0 heterocycles. The molecule has 0 saturated carbocycles. The third kappa shape index (κ3) is 4.96. The fraction of sp³-hybridized carbons (Fsp3) is 0.667. The molecule has 86 valence electrons. The van der Waals surface area contributed by atoms with Crippen molar-refractivity contribution in [2.75, 3.05) is 6.54 Å². The maximum Gasteiger partial charge on any atom is 0.338 e. The lowest BCUT2D eigenvalue weighted by molar-refractivity contribution is -0.144. The molecule has 0 amide bonds. The molecule has 1 atom stereocenters. The lowest BCUT2D eigenvalue weighted by Crippen LogP contribution is -2.60. The van der Waals surface area contributed by atoms with E-state index < -0.39 is 11.6 Å². The van der Waals surface area contributed by atoms with Crippen LogP contribution in [0.4, 0.5) is 0 Å². The second kappa shape index (κ2) is 6.60. The minimum atomic E-state index is -1.49. The largest absolute Gasteiger partial charge is 0.479 e. The van der Waals surface area contributed by atoms with Crippen molar-refractivity contribution in [3.05, 3.63) is 0 Å². The Balaban J connectivity index is 4.31. The lowest BCUT2D eigenvalue weighted by Gasteiger charge is -2.25. The normalized spacial score (nSPS) is 14.3. The van der Waals surface area contributed by atoms with Crippen LogP contribution in [0.5, 0.6) is 0 Å². The van der Waals surface area contributed by atoms with Gasteiger partial charge in [-0.3, -0.25) is 5.32 Å². The van der Waals surface area contributed by atoms with Crippen LogP contribution in [0.25, 0.3) is 0 Å². The highest BCUT2D eigenvalue weighted by molar-refractivity contribution is 7.80. The molecule has 0 radical (unpaired) electrons. The number of rotatable bonds is 8. The molecular formula is C9H17N3O2S. The van der Waals surface area contributed by atoms with E-state index in [0.717, 1.165) is 17.5 Å². The second-order valence-electron chi connectivity index (χ2n) is 3.25. The third-order valence-electron chi connectivity index (χ3n) is 2.09. The average molecular weight is 231 g/mol. The van der Waals surface area contributed by atoms with Crippen LogP contribution in [-0.2, 0) is 4.79 Å². The van der Waals surface area contributed by atoms with Gasteiger partial charge in [-0.1, -0.05) is 19.1 Å². The van der Waals surface area contributed by atoms with Gasteiger partial charge in [-0.05, 0) is 24.1 Å². The molecule has 0 aromatic carbocycles. The lowest BCUT2D eigenvalue weighted by atomic mass is 10.0. The predicted octanol–water partition coefficient (Wildman–Crippen LogP) is 0.525. The molecule has 0 unspecified atom stereocenters. The Bertz CT molecular complexity index is 258. The molecule has 0 rings (SSSR count). The number of nitrogens with two attached hydrogens (primary N) is 1. The monoisotopic (exact) mass is 231 g/mol. The summed E-state index contributed by atoms with van der Waals surface area (Å²) in [7, 11) is 0. The van der Waals surface area contributed by atoms with E-state index in [9.17, 15) is 4.79 Å². The molecule has 0 aromatic rings. The number of aliphatic carboxylic acids is 1. The van der Waals surface area contributed by atoms with Gasteiger partial charge in [-0.25, -0.2) is 4.79 Å². The smallest absolute Gasteiger partial charge is 0.338 e. The van der Waals surface area contributed by atoms with Gasteiger partial charge in [-0.2, -0.15) is 0 Å². The van der Waals surface area contributed by atoms with Gasteiger partial charge in [-0.15, -0.1) is 0 Å². The summed E-state index contributed by atoms with van der Waals surface area (Å²) in [4.78, 5) is 11.7. The number of hydrogen-bond donors (Lipinski definition) is 4. The zero-order chi connectivity index (χ0) is 11.9. The van der Waals surface area contributed by atoms with Crippen molar-refractivity contribution in [2.24, 2.45) is 5.73 Å². The second-order valence-corrected chi connectivity index (χ2v) is 3.83. The van der Waals surface area contributed by atoms with E-state index in [2.05, 4.69) is 5.32 Å². The quantitative estimate of drug-likeness (QED) is 0.277. The summed E-state index contributed by atoms with van der Waals surface area (Å²) in [6.45, 7) is 2.06. The minimum absolute atomic E-state index is 0.141. The zero-order valence-electron chi connectivity index (χ0n) is 8.75. The van der Waals surface area contributed by atoms with E-state index in [0.29, 0.717) is 6.42 Å². The Labute approximate surface area is 94.5 Å². The number of carbonyl (C=O) groups is 1. The van der Waals surface area contributed by atoms with Crippen molar-refractivity contribution in [1.82, 2.24) is 5.32 Å². The van der Waals surface area contributed by atoms with Crippen LogP contribution in [0.1, 0.15) is 26.2 Å². The molecular weight excluding hydrogens is 214 g/mol. The SMILES string of the molecule is CCC(=S)CC[C@](N)(NCC=N)C(=O)O. The van der Waals surface area contributed by atoms with Crippen molar-refractivity contribution in [2.45, 2.75) is 31.8 Å². The molecule has 0 aromatic heterocycles.